The summed E-state index contributed by atoms with van der Waals surface area (Å²) in [5.41, 5.74) is 7.31. The fourth-order valence-corrected chi connectivity index (χ4v) is 2.14. The molecule has 0 fully saturated rings. The number of hydrogen-bond acceptors (Lipinski definition) is 4. The molecule has 2 rings (SSSR count). The van der Waals surface area contributed by atoms with Gasteiger partial charge in [0.05, 0.1) is 22.3 Å². The molecule has 17 heavy (non-hydrogen) atoms. The Balaban J connectivity index is 2.26. The summed E-state index contributed by atoms with van der Waals surface area (Å²) in [5.74, 6) is 5.77. The van der Waals surface area contributed by atoms with E-state index in [1.54, 1.807) is 0 Å². The first-order chi connectivity index (χ1) is 8.16. The third-order valence-corrected chi connectivity index (χ3v) is 2.93. The number of aromatic nitrogens is 1. The Morgan fingerprint density at radius 3 is 3.18 bits per heavy atom. The van der Waals surface area contributed by atoms with Crippen molar-refractivity contribution in [1.29, 1.82) is 0 Å². The molecule has 0 aliphatic heterocycles. The summed E-state index contributed by atoms with van der Waals surface area (Å²) < 4.78 is 1.02. The van der Waals surface area contributed by atoms with Gasteiger partial charge in [0, 0.05) is 6.92 Å². The summed E-state index contributed by atoms with van der Waals surface area (Å²) in [4.78, 5) is 14.9. The number of hydrogen-bond donors (Lipinski definition) is 2. The maximum Gasteiger partial charge on any atom is 0.217 e. The summed E-state index contributed by atoms with van der Waals surface area (Å²) in [6, 6.07) is 5.77. The number of fused-ring (bicyclic) bond motifs is 1. The van der Waals surface area contributed by atoms with Crippen LogP contribution in [-0.2, 0) is 4.79 Å². The number of amides is 1. The predicted molar refractivity (Wildman–Crippen MR) is 69.6 cm³/mol. The van der Waals surface area contributed by atoms with Crippen molar-refractivity contribution < 1.29 is 4.79 Å². The van der Waals surface area contributed by atoms with Gasteiger partial charge in [-0.1, -0.05) is 29.2 Å². The summed E-state index contributed by atoms with van der Waals surface area (Å²) in [5, 5.41) is 3.15. The van der Waals surface area contributed by atoms with Crippen molar-refractivity contribution in [2.24, 2.45) is 0 Å². The molecule has 0 spiro atoms. The molecular formula is C12H11N3OS. The van der Waals surface area contributed by atoms with Crippen molar-refractivity contribution in [3.63, 3.8) is 0 Å². The van der Waals surface area contributed by atoms with Crippen molar-refractivity contribution in [3.8, 4) is 11.8 Å². The minimum Gasteiger partial charge on any atom is -0.375 e. The molecule has 1 aromatic carbocycles. The molecule has 3 N–H and O–H groups in total. The Hall–Kier alpha value is -2.06. The average molecular weight is 245 g/mol. The zero-order valence-electron chi connectivity index (χ0n) is 9.28. The fourth-order valence-electron chi connectivity index (χ4n) is 1.37. The summed E-state index contributed by atoms with van der Waals surface area (Å²) >= 11 is 1.44. The molecule has 4 nitrogen and oxygen atoms in total. The van der Waals surface area contributed by atoms with Gasteiger partial charge in [-0.3, -0.25) is 4.79 Å². The van der Waals surface area contributed by atoms with Crippen molar-refractivity contribution in [2.75, 3.05) is 12.3 Å². The summed E-state index contributed by atoms with van der Waals surface area (Å²) in [6.45, 7) is 1.80. The first-order valence-corrected chi connectivity index (χ1v) is 5.87. The molecule has 86 valence electrons. The van der Waals surface area contributed by atoms with Gasteiger partial charge in [0.1, 0.15) is 0 Å². The lowest BCUT2D eigenvalue weighted by atomic mass is 10.2. The third kappa shape index (κ3) is 2.74. The van der Waals surface area contributed by atoms with Crippen LogP contribution in [-0.4, -0.2) is 17.4 Å². The third-order valence-electron chi connectivity index (χ3n) is 2.08. The topological polar surface area (TPSA) is 68.0 Å². The standard InChI is InChI=1S/C12H11N3OS/c1-8(16)14-7-3-5-9-4-2-6-10-11(9)15-12(13)17-10/h2,4,6H,7H2,1H3,(H2,13,15)(H,14,16). The molecule has 2 aromatic rings. The maximum atomic E-state index is 10.7. The second kappa shape index (κ2) is 4.85. The molecule has 0 radical (unpaired) electrons. The van der Waals surface area contributed by atoms with E-state index in [2.05, 4.69) is 22.1 Å². The van der Waals surface area contributed by atoms with Crippen molar-refractivity contribution in [3.05, 3.63) is 23.8 Å². The highest BCUT2D eigenvalue weighted by molar-refractivity contribution is 7.22. The normalized spacial score (nSPS) is 9.71. The van der Waals surface area contributed by atoms with Crippen molar-refractivity contribution >= 4 is 32.6 Å². The van der Waals surface area contributed by atoms with Crippen LogP contribution in [0, 0.1) is 11.8 Å². The number of benzene rings is 1. The van der Waals surface area contributed by atoms with E-state index in [0.717, 1.165) is 15.8 Å². The van der Waals surface area contributed by atoms with Gasteiger partial charge in [-0.15, -0.1) is 0 Å². The van der Waals surface area contributed by atoms with Gasteiger partial charge >= 0.3 is 0 Å². The maximum absolute atomic E-state index is 10.7. The zero-order chi connectivity index (χ0) is 12.3. The van der Waals surface area contributed by atoms with Crippen LogP contribution in [0.1, 0.15) is 12.5 Å². The first-order valence-electron chi connectivity index (χ1n) is 5.05. The number of nitrogen functional groups attached to an aromatic ring is 1. The lowest BCUT2D eigenvalue weighted by Gasteiger charge is -1.93. The Morgan fingerprint density at radius 1 is 1.59 bits per heavy atom. The van der Waals surface area contributed by atoms with Crippen molar-refractivity contribution in [1.82, 2.24) is 10.3 Å². The molecular weight excluding hydrogens is 234 g/mol. The predicted octanol–water partition coefficient (Wildman–Crippen LogP) is 1.37. The monoisotopic (exact) mass is 245 g/mol. The Kier molecular flexibility index (Phi) is 3.26. The van der Waals surface area contributed by atoms with Crippen LogP contribution >= 0.6 is 11.3 Å². The molecule has 0 bridgehead atoms. The Morgan fingerprint density at radius 2 is 2.41 bits per heavy atom. The van der Waals surface area contributed by atoms with Crippen LogP contribution in [0.5, 0.6) is 0 Å². The van der Waals surface area contributed by atoms with Crippen molar-refractivity contribution in [2.45, 2.75) is 6.92 Å². The van der Waals surface area contributed by atoms with Crippen LogP contribution in [0.25, 0.3) is 10.2 Å². The number of nitrogens with one attached hydrogen (secondary N) is 1. The van der Waals surface area contributed by atoms with Gasteiger partial charge in [-0.05, 0) is 12.1 Å². The molecule has 0 atom stereocenters. The van der Waals surface area contributed by atoms with Crippen LogP contribution in [0.15, 0.2) is 18.2 Å². The number of thiazole rings is 1. The molecule has 0 aliphatic rings. The number of carbonyl (C=O) groups excluding carboxylic acids is 1. The smallest absolute Gasteiger partial charge is 0.217 e. The Bertz CT molecular complexity index is 621. The lowest BCUT2D eigenvalue weighted by molar-refractivity contribution is -0.118. The van der Waals surface area contributed by atoms with Gasteiger partial charge in [0.15, 0.2) is 5.13 Å². The van der Waals surface area contributed by atoms with Gasteiger partial charge in [0.25, 0.3) is 0 Å². The number of rotatable bonds is 1. The average Bonchev–Trinajstić information content (AvgIpc) is 2.65. The molecule has 1 aromatic heterocycles. The van der Waals surface area contributed by atoms with Crippen LogP contribution < -0.4 is 11.1 Å². The number of anilines is 1. The van der Waals surface area contributed by atoms with Crippen LogP contribution in [0.3, 0.4) is 0 Å². The van der Waals surface area contributed by atoms with E-state index in [4.69, 9.17) is 5.73 Å². The number of para-hydroxylation sites is 1. The van der Waals surface area contributed by atoms with E-state index in [1.807, 2.05) is 18.2 Å². The minimum absolute atomic E-state index is 0.0876. The molecule has 1 heterocycles. The van der Waals surface area contributed by atoms with Crippen LogP contribution in [0.4, 0.5) is 5.13 Å². The SMILES string of the molecule is CC(=O)NCC#Cc1cccc2sc(N)nc12. The minimum atomic E-state index is -0.0876. The number of nitrogens with two attached hydrogens (primary N) is 1. The molecule has 0 aliphatic carbocycles. The molecule has 0 unspecified atom stereocenters. The van der Waals surface area contributed by atoms with E-state index in [0.29, 0.717) is 11.7 Å². The van der Waals surface area contributed by atoms with Gasteiger partial charge in [-0.25, -0.2) is 4.98 Å². The molecule has 5 heteroatoms. The van der Waals surface area contributed by atoms with Gasteiger partial charge < -0.3 is 11.1 Å². The number of nitrogens with zero attached hydrogens (tertiary/aromatic N) is 1. The van der Waals surface area contributed by atoms with E-state index < -0.39 is 0 Å². The van der Waals surface area contributed by atoms with E-state index in [1.165, 1.54) is 18.3 Å². The second-order valence-corrected chi connectivity index (χ2v) is 4.48. The number of carbonyl (C=O) groups is 1. The van der Waals surface area contributed by atoms with Gasteiger partial charge in [-0.2, -0.15) is 0 Å². The van der Waals surface area contributed by atoms with Gasteiger partial charge in [0.2, 0.25) is 5.91 Å². The highest BCUT2D eigenvalue weighted by Gasteiger charge is 2.03. The quantitative estimate of drug-likeness (QED) is 0.745. The highest BCUT2D eigenvalue weighted by atomic mass is 32.1. The zero-order valence-corrected chi connectivity index (χ0v) is 10.1. The van der Waals surface area contributed by atoms with E-state index in [9.17, 15) is 4.79 Å². The highest BCUT2D eigenvalue weighted by Crippen LogP contribution is 2.25. The second-order valence-electron chi connectivity index (χ2n) is 3.42. The lowest BCUT2D eigenvalue weighted by Crippen LogP contribution is -2.19. The van der Waals surface area contributed by atoms with E-state index in [-0.39, 0.29) is 5.91 Å². The fraction of sp³-hybridized carbons (Fsp3) is 0.167. The summed E-state index contributed by atoms with van der Waals surface area (Å²) in [6.07, 6.45) is 0. The largest absolute Gasteiger partial charge is 0.375 e. The molecule has 0 saturated carbocycles. The molecule has 1 amide bonds. The Labute approximate surface area is 103 Å². The van der Waals surface area contributed by atoms with Crippen LogP contribution in [0.2, 0.25) is 0 Å². The summed E-state index contributed by atoms with van der Waals surface area (Å²) in [7, 11) is 0. The van der Waals surface area contributed by atoms with E-state index >= 15 is 0 Å². The first kappa shape index (κ1) is 11.4. The molecule has 0 saturated heterocycles.